The van der Waals surface area contributed by atoms with Crippen LogP contribution in [0.4, 0.5) is 0 Å². The topological polar surface area (TPSA) is 66.8 Å². The van der Waals surface area contributed by atoms with E-state index in [9.17, 15) is 4.57 Å². The summed E-state index contributed by atoms with van der Waals surface area (Å²) in [4.78, 5) is 17.1. The van der Waals surface area contributed by atoms with Crippen molar-refractivity contribution in [3.63, 3.8) is 0 Å². The number of phosphoric acid groups is 1. The van der Waals surface area contributed by atoms with E-state index in [4.69, 9.17) is 33.0 Å². The second kappa shape index (κ2) is 14.3. The van der Waals surface area contributed by atoms with Crippen molar-refractivity contribution in [1.29, 1.82) is 0 Å². The van der Waals surface area contributed by atoms with Gasteiger partial charge >= 0.3 is 7.82 Å². The van der Waals surface area contributed by atoms with Crippen LogP contribution in [-0.2, 0) is 9.09 Å². The van der Waals surface area contributed by atoms with Gasteiger partial charge in [0.05, 0.1) is 6.61 Å². The van der Waals surface area contributed by atoms with E-state index in [1.807, 2.05) is 0 Å². The number of alkyl halides is 2. The maximum Gasteiger partial charge on any atom is 0.469 e. The van der Waals surface area contributed by atoms with Gasteiger partial charge in [0.25, 0.3) is 0 Å². The first-order valence-electron chi connectivity index (χ1n) is 7.81. The van der Waals surface area contributed by atoms with E-state index in [1.54, 1.807) is 0 Å². The van der Waals surface area contributed by atoms with E-state index in [2.05, 4.69) is 4.52 Å². The van der Waals surface area contributed by atoms with Crippen LogP contribution >= 0.6 is 31.0 Å². The van der Waals surface area contributed by atoms with E-state index >= 15 is 0 Å². The third-order valence-corrected chi connectivity index (χ3v) is 4.56. The molecule has 0 amide bonds. The van der Waals surface area contributed by atoms with Gasteiger partial charge in [-0.1, -0.05) is 32.1 Å². The SMILES string of the molecule is O=P(O)(O)OCCCCCCCC(CCCCl)CCCCl. The molecule has 0 aromatic heterocycles. The van der Waals surface area contributed by atoms with Crippen molar-refractivity contribution in [3.8, 4) is 0 Å². The molecule has 0 atom stereocenters. The van der Waals surface area contributed by atoms with Gasteiger partial charge in [-0.3, -0.25) is 4.52 Å². The summed E-state index contributed by atoms with van der Waals surface area (Å²) >= 11 is 11.5. The maximum absolute atomic E-state index is 10.5. The number of phosphoric ester groups is 1. The molecule has 0 saturated heterocycles. The van der Waals surface area contributed by atoms with Crippen LogP contribution in [-0.4, -0.2) is 28.2 Å². The third kappa shape index (κ3) is 16.9. The van der Waals surface area contributed by atoms with Crippen molar-refractivity contribution in [1.82, 2.24) is 0 Å². The van der Waals surface area contributed by atoms with Crippen molar-refractivity contribution in [2.24, 2.45) is 5.92 Å². The largest absolute Gasteiger partial charge is 0.469 e. The van der Waals surface area contributed by atoms with Gasteiger partial charge in [-0.25, -0.2) is 4.57 Å². The van der Waals surface area contributed by atoms with Gasteiger partial charge in [0.2, 0.25) is 0 Å². The van der Waals surface area contributed by atoms with Crippen molar-refractivity contribution in [2.75, 3.05) is 18.4 Å². The highest BCUT2D eigenvalue weighted by atomic mass is 35.5. The standard InChI is InChI=1S/C14H29Cl2O4P/c15-11-6-9-14(10-7-12-16)8-4-2-1-3-5-13-20-21(17,18)19/h14H,1-13H2,(H2,17,18,19). The van der Waals surface area contributed by atoms with E-state index < -0.39 is 7.82 Å². The molecule has 0 unspecified atom stereocenters. The monoisotopic (exact) mass is 362 g/mol. The first-order chi connectivity index (χ1) is 9.99. The molecule has 0 aromatic rings. The summed E-state index contributed by atoms with van der Waals surface area (Å²) in [7, 11) is -4.28. The molecule has 7 heteroatoms. The number of rotatable bonds is 15. The maximum atomic E-state index is 10.5. The third-order valence-electron chi connectivity index (χ3n) is 3.51. The molecule has 0 heterocycles. The summed E-state index contributed by atoms with van der Waals surface area (Å²) in [5.74, 6) is 2.20. The zero-order valence-corrected chi connectivity index (χ0v) is 15.1. The minimum absolute atomic E-state index is 0.137. The van der Waals surface area contributed by atoms with Crippen LogP contribution in [0.1, 0.15) is 64.2 Å². The molecule has 0 spiro atoms. The van der Waals surface area contributed by atoms with Crippen molar-refractivity contribution < 1.29 is 18.9 Å². The summed E-state index contributed by atoms with van der Waals surface area (Å²) in [5, 5.41) is 0. The fraction of sp³-hybridized carbons (Fsp3) is 1.00. The lowest BCUT2D eigenvalue weighted by Gasteiger charge is -2.15. The van der Waals surface area contributed by atoms with Gasteiger partial charge in [0.15, 0.2) is 0 Å². The Kier molecular flexibility index (Phi) is 14.8. The number of hydrogen-bond donors (Lipinski definition) is 2. The zero-order chi connectivity index (χ0) is 16.0. The summed E-state index contributed by atoms with van der Waals surface area (Å²) in [6, 6.07) is 0. The Morgan fingerprint density at radius 3 is 1.81 bits per heavy atom. The molecule has 0 aromatic carbocycles. The fourth-order valence-electron chi connectivity index (χ4n) is 2.41. The lowest BCUT2D eigenvalue weighted by Crippen LogP contribution is -2.02. The van der Waals surface area contributed by atoms with E-state index in [1.165, 1.54) is 25.7 Å². The highest BCUT2D eigenvalue weighted by Gasteiger charge is 2.12. The van der Waals surface area contributed by atoms with Crippen molar-refractivity contribution >= 4 is 31.0 Å². The molecule has 0 bridgehead atoms. The lowest BCUT2D eigenvalue weighted by atomic mass is 9.92. The molecular weight excluding hydrogens is 334 g/mol. The number of hydrogen-bond acceptors (Lipinski definition) is 2. The van der Waals surface area contributed by atoms with Gasteiger partial charge in [-0.05, 0) is 38.0 Å². The molecule has 0 saturated carbocycles. The van der Waals surface area contributed by atoms with Crippen LogP contribution in [0.5, 0.6) is 0 Å². The Hall–Kier alpha value is 0.690. The summed E-state index contributed by atoms with van der Waals surface area (Å²) in [6.07, 6.45) is 10.9. The van der Waals surface area contributed by atoms with Crippen molar-refractivity contribution in [3.05, 3.63) is 0 Å². The summed E-state index contributed by atoms with van der Waals surface area (Å²) in [6.45, 7) is 0.137. The summed E-state index contributed by atoms with van der Waals surface area (Å²) < 4.78 is 14.9. The van der Waals surface area contributed by atoms with Crippen LogP contribution in [0.25, 0.3) is 0 Å². The smallest absolute Gasteiger partial charge is 0.303 e. The average Bonchev–Trinajstić information content (AvgIpc) is 2.42. The highest BCUT2D eigenvalue weighted by molar-refractivity contribution is 7.46. The Labute approximate surface area is 138 Å². The van der Waals surface area contributed by atoms with Crippen LogP contribution in [0, 0.1) is 5.92 Å². The van der Waals surface area contributed by atoms with Crippen LogP contribution in [0.3, 0.4) is 0 Å². The van der Waals surface area contributed by atoms with Gasteiger partial charge in [0, 0.05) is 11.8 Å². The van der Waals surface area contributed by atoms with Gasteiger partial charge < -0.3 is 9.79 Å². The highest BCUT2D eigenvalue weighted by Crippen LogP contribution is 2.35. The molecule has 0 radical (unpaired) electrons. The summed E-state index contributed by atoms with van der Waals surface area (Å²) in [5.41, 5.74) is 0. The first-order valence-corrected chi connectivity index (χ1v) is 10.4. The number of halogens is 2. The second-order valence-corrected chi connectivity index (χ2v) is 7.40. The molecule has 0 fully saturated rings. The lowest BCUT2D eigenvalue weighted by molar-refractivity contribution is 0.193. The Balaban J connectivity index is 3.49. The number of unbranched alkanes of at least 4 members (excludes halogenated alkanes) is 4. The van der Waals surface area contributed by atoms with E-state index in [0.717, 1.165) is 49.8 Å². The van der Waals surface area contributed by atoms with Crippen molar-refractivity contribution in [2.45, 2.75) is 64.2 Å². The molecule has 2 N–H and O–H groups in total. The van der Waals surface area contributed by atoms with Gasteiger partial charge in [-0.15, -0.1) is 23.2 Å². The van der Waals surface area contributed by atoms with E-state index in [0.29, 0.717) is 6.42 Å². The predicted octanol–water partition coefficient (Wildman–Crippen LogP) is 5.09. The van der Waals surface area contributed by atoms with Crippen LogP contribution < -0.4 is 0 Å². The molecule has 21 heavy (non-hydrogen) atoms. The Morgan fingerprint density at radius 2 is 1.29 bits per heavy atom. The minimum Gasteiger partial charge on any atom is -0.303 e. The normalized spacial score (nSPS) is 12.2. The molecule has 0 aliphatic rings. The van der Waals surface area contributed by atoms with Crippen LogP contribution in [0.2, 0.25) is 0 Å². The Morgan fingerprint density at radius 1 is 0.810 bits per heavy atom. The first kappa shape index (κ1) is 21.7. The zero-order valence-electron chi connectivity index (χ0n) is 12.7. The Bertz CT molecular complexity index is 266. The minimum atomic E-state index is -4.28. The van der Waals surface area contributed by atoms with Crippen LogP contribution in [0.15, 0.2) is 0 Å². The van der Waals surface area contributed by atoms with Gasteiger partial charge in [-0.2, -0.15) is 0 Å². The second-order valence-electron chi connectivity index (χ2n) is 5.41. The molecule has 128 valence electrons. The van der Waals surface area contributed by atoms with E-state index in [-0.39, 0.29) is 6.61 Å². The predicted molar refractivity (Wildman–Crippen MR) is 89.1 cm³/mol. The molecule has 0 aliphatic carbocycles. The molecule has 4 nitrogen and oxygen atoms in total. The fourth-order valence-corrected chi connectivity index (χ4v) is 3.09. The van der Waals surface area contributed by atoms with Gasteiger partial charge in [0.1, 0.15) is 0 Å². The average molecular weight is 363 g/mol. The molecular formula is C14H29Cl2O4P. The molecule has 0 aliphatic heterocycles. The molecule has 0 rings (SSSR count). The quantitative estimate of drug-likeness (QED) is 0.242.